The Morgan fingerprint density at radius 2 is 2.10 bits per heavy atom. The minimum atomic E-state index is -0.193. The van der Waals surface area contributed by atoms with Crippen LogP contribution in [0.3, 0.4) is 0 Å². The molecule has 0 aliphatic heterocycles. The number of hydrogen-bond acceptors (Lipinski definition) is 3. The Bertz CT molecular complexity index is 839. The maximum Gasteiger partial charge on any atom is 0.259 e. The maximum atomic E-state index is 12.4. The normalized spacial score (nSPS) is 10.8. The number of amides is 1. The highest BCUT2D eigenvalue weighted by atomic mass is 79.9. The first-order valence-electron chi connectivity index (χ1n) is 6.47. The van der Waals surface area contributed by atoms with E-state index in [4.69, 9.17) is 4.42 Å². The lowest BCUT2D eigenvalue weighted by molar-refractivity contribution is 0.102. The summed E-state index contributed by atoms with van der Waals surface area (Å²) in [7, 11) is 0. The highest BCUT2D eigenvalue weighted by molar-refractivity contribution is 9.10. The largest absolute Gasteiger partial charge is 0.466 e. The second-order valence-electron chi connectivity index (χ2n) is 4.81. The molecule has 0 saturated heterocycles. The first-order chi connectivity index (χ1) is 10.0. The molecule has 4 nitrogen and oxygen atoms in total. The van der Waals surface area contributed by atoms with Crippen LogP contribution in [-0.2, 0) is 0 Å². The Labute approximate surface area is 130 Å². The SMILES string of the molecule is Cc1cc(C(=O)Nc2cccc3cc(Br)cnc23)c(C)o1. The van der Waals surface area contributed by atoms with Crippen LogP contribution in [0.15, 0.2) is 45.4 Å². The van der Waals surface area contributed by atoms with Crippen molar-refractivity contribution in [1.29, 1.82) is 0 Å². The number of carbonyl (C=O) groups excluding carboxylic acids is 1. The summed E-state index contributed by atoms with van der Waals surface area (Å²) in [6, 6.07) is 9.38. The van der Waals surface area contributed by atoms with Crippen molar-refractivity contribution in [2.45, 2.75) is 13.8 Å². The van der Waals surface area contributed by atoms with Gasteiger partial charge in [-0.2, -0.15) is 0 Å². The van der Waals surface area contributed by atoms with Crippen LogP contribution in [0.5, 0.6) is 0 Å². The number of nitrogens with zero attached hydrogens (tertiary/aromatic N) is 1. The smallest absolute Gasteiger partial charge is 0.259 e. The summed E-state index contributed by atoms with van der Waals surface area (Å²) in [6.07, 6.45) is 1.71. The summed E-state index contributed by atoms with van der Waals surface area (Å²) in [6.45, 7) is 3.60. The average Bonchev–Trinajstić information content (AvgIpc) is 2.77. The Balaban J connectivity index is 1.98. The van der Waals surface area contributed by atoms with Gasteiger partial charge in [-0.3, -0.25) is 9.78 Å². The number of anilines is 1. The van der Waals surface area contributed by atoms with E-state index in [1.807, 2.05) is 31.2 Å². The summed E-state index contributed by atoms with van der Waals surface area (Å²) in [4.78, 5) is 16.7. The number of furan rings is 1. The third kappa shape index (κ3) is 2.69. The first-order valence-corrected chi connectivity index (χ1v) is 7.26. The average molecular weight is 345 g/mol. The zero-order valence-corrected chi connectivity index (χ0v) is 13.2. The van der Waals surface area contributed by atoms with E-state index >= 15 is 0 Å². The molecule has 21 heavy (non-hydrogen) atoms. The first kappa shape index (κ1) is 13.8. The van der Waals surface area contributed by atoms with E-state index in [9.17, 15) is 4.79 Å². The van der Waals surface area contributed by atoms with Gasteiger partial charge in [0.25, 0.3) is 5.91 Å². The van der Waals surface area contributed by atoms with E-state index in [-0.39, 0.29) is 5.91 Å². The van der Waals surface area contributed by atoms with Crippen molar-refractivity contribution < 1.29 is 9.21 Å². The Morgan fingerprint density at radius 3 is 2.81 bits per heavy atom. The van der Waals surface area contributed by atoms with Gasteiger partial charge in [0, 0.05) is 16.1 Å². The fourth-order valence-corrected chi connectivity index (χ4v) is 2.63. The predicted octanol–water partition coefficient (Wildman–Crippen LogP) is 4.46. The number of para-hydroxylation sites is 1. The molecule has 0 fully saturated rings. The van der Waals surface area contributed by atoms with Crippen molar-refractivity contribution in [3.8, 4) is 0 Å². The summed E-state index contributed by atoms with van der Waals surface area (Å²) in [5.74, 6) is 1.14. The molecule has 1 N–H and O–H groups in total. The molecule has 0 bridgehead atoms. The summed E-state index contributed by atoms with van der Waals surface area (Å²) >= 11 is 3.39. The molecule has 0 unspecified atom stereocenters. The molecule has 0 saturated carbocycles. The van der Waals surface area contributed by atoms with Crippen LogP contribution in [0.2, 0.25) is 0 Å². The zero-order chi connectivity index (χ0) is 15.0. The highest BCUT2D eigenvalue weighted by Gasteiger charge is 2.15. The number of hydrogen-bond donors (Lipinski definition) is 1. The lowest BCUT2D eigenvalue weighted by atomic mass is 10.1. The second kappa shape index (κ2) is 5.33. The van der Waals surface area contributed by atoms with E-state index in [0.717, 1.165) is 21.1 Å². The molecule has 2 heterocycles. The fourth-order valence-electron chi connectivity index (χ4n) is 2.28. The molecule has 5 heteroatoms. The lowest BCUT2D eigenvalue weighted by Crippen LogP contribution is -2.12. The van der Waals surface area contributed by atoms with Crippen LogP contribution >= 0.6 is 15.9 Å². The van der Waals surface area contributed by atoms with Crippen LogP contribution in [0.1, 0.15) is 21.9 Å². The molecule has 3 rings (SSSR count). The van der Waals surface area contributed by atoms with Gasteiger partial charge in [0.15, 0.2) is 0 Å². The predicted molar refractivity (Wildman–Crippen MR) is 85.6 cm³/mol. The number of aromatic nitrogens is 1. The Morgan fingerprint density at radius 1 is 1.29 bits per heavy atom. The van der Waals surface area contributed by atoms with Gasteiger partial charge in [-0.05, 0) is 48.0 Å². The molecule has 1 amide bonds. The summed E-state index contributed by atoms with van der Waals surface area (Å²) < 4.78 is 6.30. The molecule has 0 atom stereocenters. The second-order valence-corrected chi connectivity index (χ2v) is 5.73. The number of rotatable bonds is 2. The van der Waals surface area contributed by atoms with Gasteiger partial charge in [0.2, 0.25) is 0 Å². The summed E-state index contributed by atoms with van der Waals surface area (Å²) in [5, 5.41) is 3.86. The summed E-state index contributed by atoms with van der Waals surface area (Å²) in [5.41, 5.74) is 1.98. The van der Waals surface area contributed by atoms with Crippen LogP contribution in [-0.4, -0.2) is 10.9 Å². The number of benzene rings is 1. The van der Waals surface area contributed by atoms with Gasteiger partial charge in [-0.25, -0.2) is 0 Å². The van der Waals surface area contributed by atoms with Crippen molar-refractivity contribution in [2.75, 3.05) is 5.32 Å². The van der Waals surface area contributed by atoms with Crippen LogP contribution < -0.4 is 5.32 Å². The van der Waals surface area contributed by atoms with E-state index in [1.54, 1.807) is 19.2 Å². The van der Waals surface area contributed by atoms with Gasteiger partial charge in [-0.15, -0.1) is 0 Å². The number of halogens is 1. The van der Waals surface area contributed by atoms with E-state index in [0.29, 0.717) is 17.0 Å². The maximum absolute atomic E-state index is 12.4. The standard InChI is InChI=1S/C16H13BrN2O2/c1-9-6-13(10(2)21-9)16(20)19-14-5-3-4-11-7-12(17)8-18-15(11)14/h3-8H,1-2H3,(H,19,20). The van der Waals surface area contributed by atoms with Gasteiger partial charge in [0.1, 0.15) is 11.5 Å². The van der Waals surface area contributed by atoms with Crippen LogP contribution in [0.4, 0.5) is 5.69 Å². The van der Waals surface area contributed by atoms with Gasteiger partial charge < -0.3 is 9.73 Å². The van der Waals surface area contributed by atoms with Crippen molar-refractivity contribution >= 4 is 38.4 Å². The molecule has 106 valence electrons. The number of pyridine rings is 1. The molecule has 0 aliphatic carbocycles. The minimum absolute atomic E-state index is 0.193. The van der Waals surface area contributed by atoms with Crippen molar-refractivity contribution in [3.63, 3.8) is 0 Å². The van der Waals surface area contributed by atoms with E-state index < -0.39 is 0 Å². The number of fused-ring (bicyclic) bond motifs is 1. The quantitative estimate of drug-likeness (QED) is 0.746. The van der Waals surface area contributed by atoms with Crippen molar-refractivity contribution in [3.05, 3.63) is 58.1 Å². The molecule has 2 aromatic heterocycles. The topological polar surface area (TPSA) is 55.1 Å². The molecule has 3 aromatic rings. The van der Waals surface area contributed by atoms with Crippen molar-refractivity contribution in [2.24, 2.45) is 0 Å². The minimum Gasteiger partial charge on any atom is -0.466 e. The lowest BCUT2D eigenvalue weighted by Gasteiger charge is -2.07. The van der Waals surface area contributed by atoms with Gasteiger partial charge >= 0.3 is 0 Å². The highest BCUT2D eigenvalue weighted by Crippen LogP contribution is 2.25. The molecular formula is C16H13BrN2O2. The van der Waals surface area contributed by atoms with E-state index in [1.165, 1.54) is 0 Å². The number of aryl methyl sites for hydroxylation is 2. The molecule has 0 aliphatic rings. The van der Waals surface area contributed by atoms with Gasteiger partial charge in [0.05, 0.1) is 16.8 Å². The third-order valence-corrected chi connectivity index (χ3v) is 3.65. The number of carbonyl (C=O) groups is 1. The van der Waals surface area contributed by atoms with Crippen LogP contribution in [0.25, 0.3) is 10.9 Å². The third-order valence-electron chi connectivity index (χ3n) is 3.21. The molecule has 0 spiro atoms. The molecule has 1 aromatic carbocycles. The number of nitrogens with one attached hydrogen (secondary N) is 1. The van der Waals surface area contributed by atoms with E-state index in [2.05, 4.69) is 26.2 Å². The van der Waals surface area contributed by atoms with Gasteiger partial charge in [-0.1, -0.05) is 12.1 Å². The van der Waals surface area contributed by atoms with Crippen LogP contribution in [0, 0.1) is 13.8 Å². The fraction of sp³-hybridized carbons (Fsp3) is 0.125. The Hall–Kier alpha value is -2.14. The molecule has 0 radical (unpaired) electrons. The zero-order valence-electron chi connectivity index (χ0n) is 11.6. The molecular weight excluding hydrogens is 332 g/mol. The Kier molecular flexibility index (Phi) is 3.51. The van der Waals surface area contributed by atoms with Crippen molar-refractivity contribution in [1.82, 2.24) is 4.98 Å². The monoisotopic (exact) mass is 344 g/mol.